The topological polar surface area (TPSA) is 35.8 Å². The zero-order valence-corrected chi connectivity index (χ0v) is 9.40. The molecule has 2 nitrogen and oxygen atoms in total. The highest BCUT2D eigenvalue weighted by Gasteiger charge is 2.24. The first kappa shape index (κ1) is 10.0. The molecule has 2 rings (SSSR count). The molecule has 74 valence electrons. The van der Waals surface area contributed by atoms with Crippen molar-refractivity contribution < 1.29 is 0 Å². The van der Waals surface area contributed by atoms with Gasteiger partial charge in [0.1, 0.15) is 6.04 Å². The van der Waals surface area contributed by atoms with E-state index in [1.54, 1.807) is 23.1 Å². The molecule has 1 heterocycles. The third-order valence-corrected chi connectivity index (χ3v) is 4.28. The SMILES string of the molecule is N#CC(CSc1cccs1)NC1CC1. The van der Waals surface area contributed by atoms with Crippen LogP contribution in [0.3, 0.4) is 0 Å². The predicted molar refractivity (Wildman–Crippen MR) is 60.6 cm³/mol. The fourth-order valence-electron chi connectivity index (χ4n) is 1.17. The molecule has 14 heavy (non-hydrogen) atoms. The Morgan fingerprint density at radius 2 is 2.57 bits per heavy atom. The Morgan fingerprint density at radius 1 is 1.71 bits per heavy atom. The molecule has 4 heteroatoms. The van der Waals surface area contributed by atoms with E-state index in [1.807, 2.05) is 6.07 Å². The van der Waals surface area contributed by atoms with Gasteiger partial charge in [0.25, 0.3) is 0 Å². The van der Waals surface area contributed by atoms with Crippen molar-refractivity contribution >= 4 is 23.1 Å². The fraction of sp³-hybridized carbons (Fsp3) is 0.500. The summed E-state index contributed by atoms with van der Waals surface area (Å²) in [6.45, 7) is 0. The lowest BCUT2D eigenvalue weighted by molar-refractivity contribution is 0.644. The van der Waals surface area contributed by atoms with Crippen molar-refractivity contribution in [1.82, 2.24) is 5.32 Å². The Bertz CT molecular complexity index is 311. The summed E-state index contributed by atoms with van der Waals surface area (Å²) < 4.78 is 1.29. The van der Waals surface area contributed by atoms with E-state index in [9.17, 15) is 0 Å². The van der Waals surface area contributed by atoms with E-state index in [0.29, 0.717) is 6.04 Å². The normalized spacial score (nSPS) is 17.6. The largest absolute Gasteiger partial charge is 0.298 e. The molecule has 0 radical (unpaired) electrons. The van der Waals surface area contributed by atoms with E-state index in [2.05, 4.69) is 22.8 Å². The molecule has 1 aromatic rings. The number of nitriles is 1. The van der Waals surface area contributed by atoms with E-state index in [1.165, 1.54) is 17.1 Å². The minimum absolute atomic E-state index is 0.00889. The Balaban J connectivity index is 1.74. The summed E-state index contributed by atoms with van der Waals surface area (Å²) in [5, 5.41) is 14.3. The van der Waals surface area contributed by atoms with Crippen LogP contribution in [0, 0.1) is 11.3 Å². The maximum atomic E-state index is 8.91. The predicted octanol–water partition coefficient (Wildman–Crippen LogP) is 2.48. The van der Waals surface area contributed by atoms with Crippen LogP contribution in [0.25, 0.3) is 0 Å². The zero-order valence-electron chi connectivity index (χ0n) is 7.77. The van der Waals surface area contributed by atoms with E-state index in [-0.39, 0.29) is 6.04 Å². The van der Waals surface area contributed by atoms with Gasteiger partial charge in [-0.1, -0.05) is 6.07 Å². The van der Waals surface area contributed by atoms with Gasteiger partial charge in [-0.2, -0.15) is 5.26 Å². The molecule has 1 aliphatic rings. The van der Waals surface area contributed by atoms with Gasteiger partial charge >= 0.3 is 0 Å². The van der Waals surface area contributed by atoms with Crippen molar-refractivity contribution in [2.45, 2.75) is 29.1 Å². The molecule has 1 aliphatic carbocycles. The lowest BCUT2D eigenvalue weighted by atomic mass is 10.4. The lowest BCUT2D eigenvalue weighted by Crippen LogP contribution is -2.31. The van der Waals surface area contributed by atoms with Gasteiger partial charge in [0.15, 0.2) is 0 Å². The standard InChI is InChI=1S/C10H12N2S2/c11-6-9(12-8-3-4-8)7-14-10-2-1-5-13-10/h1-2,5,8-9,12H,3-4,7H2. The highest BCUT2D eigenvalue weighted by Crippen LogP contribution is 2.25. The van der Waals surface area contributed by atoms with Gasteiger partial charge in [0.2, 0.25) is 0 Å². The molecule has 1 fully saturated rings. The first-order chi connectivity index (χ1) is 6.88. The van der Waals surface area contributed by atoms with Gasteiger partial charge in [0.05, 0.1) is 10.3 Å². The van der Waals surface area contributed by atoms with Crippen LogP contribution in [0.1, 0.15) is 12.8 Å². The quantitative estimate of drug-likeness (QED) is 0.781. The Kier molecular flexibility index (Phi) is 3.46. The van der Waals surface area contributed by atoms with Crippen molar-refractivity contribution in [2.75, 3.05) is 5.75 Å². The van der Waals surface area contributed by atoms with Gasteiger partial charge < -0.3 is 0 Å². The van der Waals surface area contributed by atoms with E-state index in [0.717, 1.165) is 5.75 Å². The number of thioether (sulfide) groups is 1. The zero-order chi connectivity index (χ0) is 9.80. The minimum Gasteiger partial charge on any atom is -0.298 e. The molecule has 0 saturated heterocycles. The maximum Gasteiger partial charge on any atom is 0.105 e. The van der Waals surface area contributed by atoms with Crippen molar-refractivity contribution in [3.05, 3.63) is 17.5 Å². The molecule has 0 spiro atoms. The van der Waals surface area contributed by atoms with Gasteiger partial charge in [-0.3, -0.25) is 5.32 Å². The van der Waals surface area contributed by atoms with Crippen LogP contribution in [0.2, 0.25) is 0 Å². The van der Waals surface area contributed by atoms with Crippen LogP contribution in [-0.2, 0) is 0 Å². The Labute approximate surface area is 92.3 Å². The number of nitrogens with one attached hydrogen (secondary N) is 1. The number of nitrogens with zero attached hydrogens (tertiary/aromatic N) is 1. The van der Waals surface area contributed by atoms with Gasteiger partial charge in [-0.15, -0.1) is 23.1 Å². The van der Waals surface area contributed by atoms with E-state index in [4.69, 9.17) is 5.26 Å². The molecule has 1 aromatic heterocycles. The van der Waals surface area contributed by atoms with E-state index >= 15 is 0 Å². The third kappa shape index (κ3) is 3.02. The molecule has 0 amide bonds. The minimum atomic E-state index is 0.00889. The van der Waals surface area contributed by atoms with Crippen molar-refractivity contribution in [2.24, 2.45) is 0 Å². The van der Waals surface area contributed by atoms with Crippen LogP contribution in [0.4, 0.5) is 0 Å². The molecule has 0 aliphatic heterocycles. The summed E-state index contributed by atoms with van der Waals surface area (Å²) in [7, 11) is 0. The van der Waals surface area contributed by atoms with Crippen molar-refractivity contribution in [3.8, 4) is 6.07 Å². The Morgan fingerprint density at radius 3 is 3.14 bits per heavy atom. The number of hydrogen-bond donors (Lipinski definition) is 1. The van der Waals surface area contributed by atoms with Crippen LogP contribution in [0.5, 0.6) is 0 Å². The summed E-state index contributed by atoms with van der Waals surface area (Å²) in [4.78, 5) is 0. The number of rotatable bonds is 5. The molecular formula is C10H12N2S2. The summed E-state index contributed by atoms with van der Waals surface area (Å²) in [5.74, 6) is 0.855. The average molecular weight is 224 g/mol. The maximum absolute atomic E-state index is 8.91. The number of hydrogen-bond acceptors (Lipinski definition) is 4. The van der Waals surface area contributed by atoms with Crippen LogP contribution < -0.4 is 5.32 Å². The van der Waals surface area contributed by atoms with Crippen molar-refractivity contribution in [1.29, 1.82) is 5.26 Å². The summed E-state index contributed by atoms with van der Waals surface area (Å²) in [6, 6.07) is 7.07. The number of thiophene rings is 1. The molecule has 1 atom stereocenters. The van der Waals surface area contributed by atoms with Crippen LogP contribution in [0.15, 0.2) is 21.7 Å². The van der Waals surface area contributed by atoms with Gasteiger partial charge in [-0.25, -0.2) is 0 Å². The Hall–Kier alpha value is -0.500. The smallest absolute Gasteiger partial charge is 0.105 e. The lowest BCUT2D eigenvalue weighted by Gasteiger charge is -2.08. The second kappa shape index (κ2) is 4.83. The van der Waals surface area contributed by atoms with E-state index < -0.39 is 0 Å². The highest BCUT2D eigenvalue weighted by atomic mass is 32.2. The molecule has 1 saturated carbocycles. The first-order valence-corrected chi connectivity index (χ1v) is 6.57. The summed E-state index contributed by atoms with van der Waals surface area (Å²) in [5.41, 5.74) is 0. The molecule has 0 aromatic carbocycles. The summed E-state index contributed by atoms with van der Waals surface area (Å²) in [6.07, 6.45) is 2.48. The molecule has 1 unspecified atom stereocenters. The van der Waals surface area contributed by atoms with Gasteiger partial charge in [-0.05, 0) is 24.3 Å². The van der Waals surface area contributed by atoms with Crippen molar-refractivity contribution in [3.63, 3.8) is 0 Å². The third-order valence-electron chi connectivity index (χ3n) is 2.06. The molecular weight excluding hydrogens is 212 g/mol. The summed E-state index contributed by atoms with van der Waals surface area (Å²) >= 11 is 3.50. The molecule has 1 N–H and O–H groups in total. The second-order valence-electron chi connectivity index (χ2n) is 3.37. The average Bonchev–Trinajstić information content (AvgIpc) is 2.86. The highest BCUT2D eigenvalue weighted by molar-refractivity contribution is 8.01. The second-order valence-corrected chi connectivity index (χ2v) is 5.63. The first-order valence-electron chi connectivity index (χ1n) is 4.70. The monoisotopic (exact) mass is 224 g/mol. The fourth-order valence-corrected chi connectivity index (χ4v) is 2.94. The van der Waals surface area contributed by atoms with Crippen LogP contribution in [-0.4, -0.2) is 17.8 Å². The van der Waals surface area contributed by atoms with Crippen LogP contribution >= 0.6 is 23.1 Å². The molecule has 0 bridgehead atoms. The van der Waals surface area contributed by atoms with Gasteiger partial charge in [0, 0.05) is 11.8 Å².